The van der Waals surface area contributed by atoms with Gasteiger partial charge in [-0.3, -0.25) is 0 Å². The van der Waals surface area contributed by atoms with Crippen molar-refractivity contribution < 1.29 is 24.5 Å². The third kappa shape index (κ3) is 6.62. The Bertz CT molecular complexity index is 1060. The van der Waals surface area contributed by atoms with Gasteiger partial charge in [-0.1, -0.05) is 50.6 Å². The molecule has 36 heavy (non-hydrogen) atoms. The van der Waals surface area contributed by atoms with Gasteiger partial charge in [0.15, 0.2) is 6.23 Å². The SMILES string of the molecule is CCCOc1ccc(C(O)N2C[C@@H](C)N(C(=O)N[C@@H](CC(C)C)C(=O)O)Cc3ccccc32)c(Cl)c1. The van der Waals surface area contributed by atoms with Crippen LogP contribution in [0.1, 0.15) is 57.9 Å². The number of fused-ring (bicyclic) bond motifs is 1. The Morgan fingerprint density at radius 2 is 1.94 bits per heavy atom. The number of carbonyl (C=O) groups excluding carboxylic acids is 1. The van der Waals surface area contributed by atoms with Gasteiger partial charge < -0.3 is 30.1 Å². The molecule has 0 spiro atoms. The lowest BCUT2D eigenvalue weighted by Crippen LogP contribution is -2.52. The summed E-state index contributed by atoms with van der Waals surface area (Å²) in [7, 11) is 0. The maximum atomic E-state index is 13.2. The van der Waals surface area contributed by atoms with Crippen LogP contribution in [0.25, 0.3) is 0 Å². The molecular formula is C27H36ClN3O5. The van der Waals surface area contributed by atoms with E-state index in [9.17, 15) is 19.8 Å². The molecule has 8 nitrogen and oxygen atoms in total. The van der Waals surface area contributed by atoms with Gasteiger partial charge in [-0.2, -0.15) is 0 Å². The molecule has 1 heterocycles. The van der Waals surface area contributed by atoms with Crippen molar-refractivity contribution in [1.82, 2.24) is 10.2 Å². The zero-order valence-electron chi connectivity index (χ0n) is 21.3. The molecule has 1 unspecified atom stereocenters. The number of hydrogen-bond donors (Lipinski definition) is 3. The van der Waals surface area contributed by atoms with E-state index in [1.165, 1.54) is 0 Å². The summed E-state index contributed by atoms with van der Waals surface area (Å²) in [4.78, 5) is 28.4. The minimum Gasteiger partial charge on any atom is -0.494 e. The molecule has 3 N–H and O–H groups in total. The highest BCUT2D eigenvalue weighted by molar-refractivity contribution is 6.31. The average Bonchev–Trinajstić information content (AvgIpc) is 2.98. The van der Waals surface area contributed by atoms with Gasteiger partial charge in [0.1, 0.15) is 11.8 Å². The quantitative estimate of drug-likeness (QED) is 0.430. The third-order valence-electron chi connectivity index (χ3n) is 6.22. The molecule has 0 radical (unpaired) electrons. The third-order valence-corrected chi connectivity index (χ3v) is 6.54. The first kappa shape index (κ1) is 27.6. The first-order valence-electron chi connectivity index (χ1n) is 12.4. The average molecular weight is 518 g/mol. The number of carbonyl (C=O) groups is 2. The van der Waals surface area contributed by atoms with E-state index in [0.717, 1.165) is 17.7 Å². The van der Waals surface area contributed by atoms with Gasteiger partial charge in [0.05, 0.1) is 11.6 Å². The van der Waals surface area contributed by atoms with Crippen molar-refractivity contribution in [3.8, 4) is 5.75 Å². The van der Waals surface area contributed by atoms with Crippen LogP contribution in [0.3, 0.4) is 0 Å². The molecule has 2 aromatic rings. The van der Waals surface area contributed by atoms with Crippen LogP contribution in [0, 0.1) is 5.92 Å². The van der Waals surface area contributed by atoms with Crippen LogP contribution >= 0.6 is 11.6 Å². The number of aliphatic hydroxyl groups is 1. The molecule has 196 valence electrons. The Kier molecular flexibility index (Phi) is 9.45. The number of amides is 2. The van der Waals surface area contributed by atoms with Crippen LogP contribution in [0.15, 0.2) is 42.5 Å². The predicted octanol–water partition coefficient (Wildman–Crippen LogP) is 5.04. The van der Waals surface area contributed by atoms with Crippen molar-refractivity contribution in [2.24, 2.45) is 5.92 Å². The van der Waals surface area contributed by atoms with E-state index in [1.54, 1.807) is 23.1 Å². The Morgan fingerprint density at radius 3 is 2.58 bits per heavy atom. The van der Waals surface area contributed by atoms with Gasteiger partial charge in [-0.05, 0) is 55.5 Å². The van der Waals surface area contributed by atoms with Crippen LogP contribution in [0.2, 0.25) is 5.02 Å². The van der Waals surface area contributed by atoms with E-state index in [4.69, 9.17) is 16.3 Å². The van der Waals surface area contributed by atoms with Crippen molar-refractivity contribution in [1.29, 1.82) is 0 Å². The summed E-state index contributed by atoms with van der Waals surface area (Å²) in [6.45, 7) is 8.91. The lowest BCUT2D eigenvalue weighted by molar-refractivity contribution is -0.139. The molecule has 1 aliphatic rings. The van der Waals surface area contributed by atoms with Gasteiger partial charge in [0.25, 0.3) is 0 Å². The molecule has 0 aliphatic carbocycles. The number of hydrogen-bond acceptors (Lipinski definition) is 5. The zero-order chi connectivity index (χ0) is 26.4. The number of aliphatic carboxylic acids is 1. The minimum absolute atomic E-state index is 0.114. The number of benzene rings is 2. The molecule has 0 saturated carbocycles. The monoisotopic (exact) mass is 517 g/mol. The smallest absolute Gasteiger partial charge is 0.326 e. The van der Waals surface area contributed by atoms with Crippen molar-refractivity contribution in [2.75, 3.05) is 18.1 Å². The topological polar surface area (TPSA) is 102 Å². The number of nitrogens with one attached hydrogen (secondary N) is 1. The number of aliphatic hydroxyl groups excluding tert-OH is 1. The second kappa shape index (κ2) is 12.3. The molecule has 0 fully saturated rings. The highest BCUT2D eigenvalue weighted by Crippen LogP contribution is 2.36. The molecule has 2 aromatic carbocycles. The molecule has 2 amide bonds. The van der Waals surface area contributed by atoms with Crippen molar-refractivity contribution in [3.63, 3.8) is 0 Å². The van der Waals surface area contributed by atoms with E-state index in [2.05, 4.69) is 5.32 Å². The van der Waals surface area contributed by atoms with E-state index >= 15 is 0 Å². The Hall–Kier alpha value is -2.97. The van der Waals surface area contributed by atoms with E-state index in [-0.39, 0.29) is 18.5 Å². The highest BCUT2D eigenvalue weighted by atomic mass is 35.5. The first-order valence-corrected chi connectivity index (χ1v) is 12.7. The Labute approximate surface area is 217 Å². The van der Waals surface area contributed by atoms with E-state index in [0.29, 0.717) is 35.9 Å². The minimum atomic E-state index is -1.06. The van der Waals surface area contributed by atoms with E-state index in [1.807, 2.05) is 56.9 Å². The highest BCUT2D eigenvalue weighted by Gasteiger charge is 2.33. The maximum Gasteiger partial charge on any atom is 0.326 e. The number of rotatable bonds is 9. The molecule has 3 rings (SSSR count). The second-order valence-electron chi connectivity index (χ2n) is 9.63. The molecule has 0 saturated heterocycles. The lowest BCUT2D eigenvalue weighted by atomic mass is 10.0. The van der Waals surface area contributed by atoms with Crippen LogP contribution < -0.4 is 15.0 Å². The molecule has 0 aromatic heterocycles. The number of anilines is 1. The number of nitrogens with zero attached hydrogens (tertiary/aromatic N) is 2. The lowest BCUT2D eigenvalue weighted by Gasteiger charge is -2.34. The summed E-state index contributed by atoms with van der Waals surface area (Å²) in [6.07, 6.45) is 0.150. The summed E-state index contributed by atoms with van der Waals surface area (Å²) < 4.78 is 5.65. The fourth-order valence-electron chi connectivity index (χ4n) is 4.37. The molecular weight excluding hydrogens is 482 g/mol. The number of urea groups is 1. The number of carboxylic acids is 1. The Morgan fingerprint density at radius 1 is 1.22 bits per heavy atom. The zero-order valence-corrected chi connectivity index (χ0v) is 22.0. The second-order valence-corrected chi connectivity index (χ2v) is 10.0. The largest absolute Gasteiger partial charge is 0.494 e. The van der Waals surface area contributed by atoms with Crippen molar-refractivity contribution in [2.45, 2.75) is 65.4 Å². The van der Waals surface area contributed by atoms with E-state index < -0.39 is 24.3 Å². The van der Waals surface area contributed by atoms with Crippen LogP contribution in [-0.4, -0.2) is 52.3 Å². The summed E-state index contributed by atoms with van der Waals surface area (Å²) in [5.41, 5.74) is 2.15. The van der Waals surface area contributed by atoms with Gasteiger partial charge in [-0.25, -0.2) is 9.59 Å². The van der Waals surface area contributed by atoms with Gasteiger partial charge in [0, 0.05) is 30.4 Å². The number of para-hydroxylation sites is 1. The number of carboxylic acid groups (broad SMARTS) is 1. The molecule has 0 bridgehead atoms. The summed E-state index contributed by atoms with van der Waals surface area (Å²) in [6, 6.07) is 11.0. The standard InChI is InChI=1S/C27H36ClN3O5/c1-5-12-36-20-10-11-21(22(28)14-20)25(32)31-15-18(4)30(16-19-8-6-7-9-24(19)31)27(35)29-23(26(33)34)13-17(2)3/h6-11,14,17-18,23,25,32H,5,12-13,15-16H2,1-4H3,(H,29,35)(H,33,34)/t18-,23+,25?/m1/s1. The van der Waals surface area contributed by atoms with Crippen LogP contribution in [0.4, 0.5) is 10.5 Å². The fourth-order valence-corrected chi connectivity index (χ4v) is 4.64. The fraction of sp³-hybridized carbons (Fsp3) is 0.481. The maximum absolute atomic E-state index is 13.2. The summed E-state index contributed by atoms with van der Waals surface area (Å²) >= 11 is 6.54. The van der Waals surface area contributed by atoms with Gasteiger partial charge >= 0.3 is 12.0 Å². The molecule has 3 atom stereocenters. The Balaban J connectivity index is 1.87. The van der Waals surface area contributed by atoms with Crippen molar-refractivity contribution in [3.05, 3.63) is 58.6 Å². The summed E-state index contributed by atoms with van der Waals surface area (Å²) in [5.74, 6) is -0.305. The first-order chi connectivity index (χ1) is 17.1. The predicted molar refractivity (Wildman–Crippen MR) is 140 cm³/mol. The van der Waals surface area contributed by atoms with Crippen LogP contribution in [-0.2, 0) is 11.3 Å². The summed E-state index contributed by atoms with van der Waals surface area (Å²) in [5, 5.41) is 24.1. The van der Waals surface area contributed by atoms with Gasteiger partial charge in [-0.15, -0.1) is 0 Å². The number of halogens is 1. The van der Waals surface area contributed by atoms with Crippen molar-refractivity contribution >= 4 is 29.3 Å². The van der Waals surface area contributed by atoms with Crippen LogP contribution in [0.5, 0.6) is 5.75 Å². The molecule has 9 heteroatoms. The molecule has 1 aliphatic heterocycles. The van der Waals surface area contributed by atoms with Gasteiger partial charge in [0.2, 0.25) is 0 Å². The number of ether oxygens (including phenoxy) is 1. The normalized spacial score (nSPS) is 17.2.